The van der Waals surface area contributed by atoms with Crippen LogP contribution in [0, 0.1) is 0 Å². The quantitative estimate of drug-likeness (QED) is 0.195. The van der Waals surface area contributed by atoms with Crippen LogP contribution in [0.15, 0.2) is 12.2 Å². The van der Waals surface area contributed by atoms with Crippen molar-refractivity contribution in [2.45, 2.75) is 110 Å². The molecule has 0 aromatic carbocycles. The largest absolute Gasteiger partial charge is 0.480 e. The molecule has 0 aromatic rings. The molecule has 0 aliphatic rings. The summed E-state index contributed by atoms with van der Waals surface area (Å²) in [6.07, 6.45) is 21.5. The Morgan fingerprint density at radius 1 is 0.821 bits per heavy atom. The molecule has 5 heteroatoms. The zero-order chi connectivity index (χ0) is 20.9. The number of carbonyl (C=O) groups excluding carboxylic acids is 1. The Balaban J connectivity index is 3.28. The number of hydrogen-bond acceptors (Lipinski definition) is 3. The Morgan fingerprint density at radius 2 is 1.36 bits per heavy atom. The molecule has 1 atom stereocenters. The van der Waals surface area contributed by atoms with Crippen LogP contribution >= 0.6 is 0 Å². The minimum Gasteiger partial charge on any atom is -0.480 e. The predicted octanol–water partition coefficient (Wildman–Crippen LogP) is 5.20. The number of allylic oxidation sites excluding steroid dienone is 2. The van der Waals surface area contributed by atoms with Gasteiger partial charge in [-0.15, -0.1) is 0 Å². The molecule has 0 heterocycles. The number of amides is 1. The third-order valence-corrected chi connectivity index (χ3v) is 4.93. The van der Waals surface area contributed by atoms with E-state index in [1.54, 1.807) is 6.92 Å². The van der Waals surface area contributed by atoms with E-state index in [9.17, 15) is 9.59 Å². The Bertz CT molecular complexity index is 411. The summed E-state index contributed by atoms with van der Waals surface area (Å²) in [6, 6.07) is -0.581. The van der Waals surface area contributed by atoms with Crippen LogP contribution in [0.2, 0.25) is 0 Å². The topological polar surface area (TPSA) is 78.4 Å². The van der Waals surface area contributed by atoms with E-state index in [4.69, 9.17) is 5.11 Å². The van der Waals surface area contributed by atoms with Crippen LogP contribution < -0.4 is 10.6 Å². The van der Waals surface area contributed by atoms with Crippen LogP contribution in [-0.4, -0.2) is 36.1 Å². The van der Waals surface area contributed by atoms with Gasteiger partial charge in [-0.1, -0.05) is 70.4 Å². The molecule has 28 heavy (non-hydrogen) atoms. The number of hydrogen-bond donors (Lipinski definition) is 3. The van der Waals surface area contributed by atoms with Crippen molar-refractivity contribution in [1.82, 2.24) is 10.6 Å². The highest BCUT2D eigenvalue weighted by molar-refractivity contribution is 5.75. The number of carboxylic acid groups (broad SMARTS) is 1. The maximum Gasteiger partial charge on any atom is 0.320 e. The summed E-state index contributed by atoms with van der Waals surface area (Å²) in [4.78, 5) is 22.3. The van der Waals surface area contributed by atoms with Crippen molar-refractivity contribution in [3.63, 3.8) is 0 Å². The van der Waals surface area contributed by atoms with Gasteiger partial charge >= 0.3 is 5.97 Å². The molecular formula is C23H44N2O3. The molecule has 0 aliphatic carbocycles. The second-order valence-electron chi connectivity index (χ2n) is 7.70. The molecule has 0 spiro atoms. The summed E-state index contributed by atoms with van der Waals surface area (Å²) in [7, 11) is 0. The van der Waals surface area contributed by atoms with Gasteiger partial charge in [-0.2, -0.15) is 0 Å². The first kappa shape index (κ1) is 26.6. The highest BCUT2D eigenvalue weighted by atomic mass is 16.4. The lowest BCUT2D eigenvalue weighted by molar-refractivity contribution is -0.138. The molecule has 0 aliphatic heterocycles. The van der Waals surface area contributed by atoms with Crippen LogP contribution in [0.25, 0.3) is 0 Å². The molecule has 0 aromatic heterocycles. The molecule has 0 rings (SSSR count). The number of carboxylic acids is 1. The van der Waals surface area contributed by atoms with E-state index in [2.05, 4.69) is 29.7 Å². The van der Waals surface area contributed by atoms with Gasteiger partial charge in [0.05, 0.1) is 0 Å². The summed E-state index contributed by atoms with van der Waals surface area (Å²) in [5, 5.41) is 14.4. The molecular weight excluding hydrogens is 352 g/mol. The molecule has 0 saturated carbocycles. The monoisotopic (exact) mass is 396 g/mol. The lowest BCUT2D eigenvalue weighted by atomic mass is 10.1. The van der Waals surface area contributed by atoms with Crippen molar-refractivity contribution >= 4 is 11.9 Å². The van der Waals surface area contributed by atoms with Crippen molar-refractivity contribution in [3.8, 4) is 0 Å². The third kappa shape index (κ3) is 19.4. The molecule has 0 bridgehead atoms. The smallest absolute Gasteiger partial charge is 0.320 e. The molecule has 1 amide bonds. The average Bonchev–Trinajstić information content (AvgIpc) is 2.68. The predicted molar refractivity (Wildman–Crippen MR) is 118 cm³/mol. The van der Waals surface area contributed by atoms with Gasteiger partial charge in [0.2, 0.25) is 5.91 Å². The molecule has 0 radical (unpaired) electrons. The molecule has 0 saturated heterocycles. The number of rotatable bonds is 20. The lowest BCUT2D eigenvalue weighted by Gasteiger charge is -2.09. The van der Waals surface area contributed by atoms with Crippen LogP contribution in [0.4, 0.5) is 0 Å². The first-order valence-corrected chi connectivity index (χ1v) is 11.5. The zero-order valence-corrected chi connectivity index (χ0v) is 18.3. The van der Waals surface area contributed by atoms with Crippen LogP contribution in [0.5, 0.6) is 0 Å². The SMILES string of the molecule is CCCCCCCC/C=C\CCCCCCCC(=O)NCCNC(C)C(=O)O. The normalized spacial score (nSPS) is 12.4. The van der Waals surface area contributed by atoms with E-state index < -0.39 is 12.0 Å². The van der Waals surface area contributed by atoms with Crippen LogP contribution in [0.1, 0.15) is 104 Å². The minimum atomic E-state index is -0.875. The second-order valence-corrected chi connectivity index (χ2v) is 7.70. The van der Waals surface area contributed by atoms with Crippen molar-refractivity contribution < 1.29 is 14.7 Å². The Kier molecular flexibility index (Phi) is 19.4. The van der Waals surface area contributed by atoms with E-state index in [1.807, 2.05) is 0 Å². The van der Waals surface area contributed by atoms with Crippen molar-refractivity contribution in [3.05, 3.63) is 12.2 Å². The molecule has 1 unspecified atom stereocenters. The molecule has 0 fully saturated rings. The fourth-order valence-electron chi connectivity index (χ4n) is 3.02. The van der Waals surface area contributed by atoms with Crippen LogP contribution in [0.3, 0.4) is 0 Å². The Hall–Kier alpha value is -1.36. The summed E-state index contributed by atoms with van der Waals surface area (Å²) in [5.41, 5.74) is 0. The third-order valence-electron chi connectivity index (χ3n) is 4.93. The summed E-state index contributed by atoms with van der Waals surface area (Å²) < 4.78 is 0. The van der Waals surface area contributed by atoms with Gasteiger partial charge in [-0.05, 0) is 39.0 Å². The van der Waals surface area contributed by atoms with Gasteiger partial charge in [0, 0.05) is 19.5 Å². The second kappa shape index (κ2) is 20.4. The van der Waals surface area contributed by atoms with Crippen molar-refractivity contribution in [1.29, 1.82) is 0 Å². The first-order chi connectivity index (χ1) is 13.6. The highest BCUT2D eigenvalue weighted by Gasteiger charge is 2.08. The molecule has 164 valence electrons. The molecule has 5 nitrogen and oxygen atoms in total. The van der Waals surface area contributed by atoms with E-state index in [1.165, 1.54) is 70.6 Å². The van der Waals surface area contributed by atoms with E-state index in [0.717, 1.165) is 12.8 Å². The maximum absolute atomic E-state index is 11.7. The maximum atomic E-state index is 11.7. The summed E-state index contributed by atoms with van der Waals surface area (Å²) in [5.74, 6) is -0.818. The van der Waals surface area contributed by atoms with Gasteiger partial charge in [0.15, 0.2) is 0 Å². The number of carbonyl (C=O) groups is 2. The van der Waals surface area contributed by atoms with Gasteiger partial charge < -0.3 is 15.7 Å². The first-order valence-electron chi connectivity index (χ1n) is 11.5. The Labute approximate surface area is 172 Å². The highest BCUT2D eigenvalue weighted by Crippen LogP contribution is 2.09. The van der Waals surface area contributed by atoms with E-state index in [0.29, 0.717) is 19.5 Å². The van der Waals surface area contributed by atoms with Crippen molar-refractivity contribution in [2.24, 2.45) is 0 Å². The van der Waals surface area contributed by atoms with E-state index in [-0.39, 0.29) is 5.91 Å². The summed E-state index contributed by atoms with van der Waals surface area (Å²) >= 11 is 0. The minimum absolute atomic E-state index is 0.0578. The summed E-state index contributed by atoms with van der Waals surface area (Å²) in [6.45, 7) is 4.80. The van der Waals surface area contributed by atoms with Crippen LogP contribution in [-0.2, 0) is 9.59 Å². The molecule has 3 N–H and O–H groups in total. The fraction of sp³-hybridized carbons (Fsp3) is 0.826. The Morgan fingerprint density at radius 3 is 1.93 bits per heavy atom. The van der Waals surface area contributed by atoms with Gasteiger partial charge in [0.1, 0.15) is 6.04 Å². The number of aliphatic carboxylic acids is 1. The van der Waals surface area contributed by atoms with E-state index >= 15 is 0 Å². The van der Waals surface area contributed by atoms with Gasteiger partial charge in [0.25, 0.3) is 0 Å². The van der Waals surface area contributed by atoms with Gasteiger partial charge in [-0.25, -0.2) is 0 Å². The zero-order valence-electron chi connectivity index (χ0n) is 18.3. The average molecular weight is 397 g/mol. The van der Waals surface area contributed by atoms with Crippen molar-refractivity contribution in [2.75, 3.05) is 13.1 Å². The lowest BCUT2D eigenvalue weighted by Crippen LogP contribution is -2.39. The number of nitrogens with one attached hydrogen (secondary N) is 2. The van der Waals surface area contributed by atoms with Gasteiger partial charge in [-0.3, -0.25) is 9.59 Å². The standard InChI is InChI=1S/C23H44N2O3/c1-3-4-5-6-7-8-9-10-11-12-13-14-15-16-17-18-22(26)25-20-19-24-21(2)23(27)28/h10-11,21,24H,3-9,12-20H2,1-2H3,(H,25,26)(H,27,28)/b11-10-. The number of unbranched alkanes of at least 4 members (excludes halogenated alkanes) is 11. The fourth-order valence-corrected chi connectivity index (χ4v) is 3.02.